The Kier molecular flexibility index (Phi) is 4.61. The number of fused-ring (bicyclic) bond motifs is 1. The van der Waals surface area contributed by atoms with E-state index in [0.29, 0.717) is 0 Å². The van der Waals surface area contributed by atoms with Crippen LogP contribution in [0.25, 0.3) is 10.9 Å². The van der Waals surface area contributed by atoms with E-state index in [1.807, 2.05) is 6.20 Å². The smallest absolute Gasteiger partial charge is 0.0499 e. The summed E-state index contributed by atoms with van der Waals surface area (Å²) in [5.74, 6) is 0. The van der Waals surface area contributed by atoms with Gasteiger partial charge in [0.25, 0.3) is 0 Å². The molecule has 3 N–H and O–H groups in total. The molecule has 2 aromatic rings. The van der Waals surface area contributed by atoms with E-state index >= 15 is 0 Å². The van der Waals surface area contributed by atoms with E-state index in [2.05, 4.69) is 48.4 Å². The fraction of sp³-hybridized carbons (Fsp3) is 0.500. The van der Waals surface area contributed by atoms with E-state index in [1.165, 1.54) is 16.5 Å². The van der Waals surface area contributed by atoms with Crippen LogP contribution in [0.3, 0.4) is 0 Å². The van der Waals surface area contributed by atoms with Gasteiger partial charge >= 0.3 is 0 Å². The number of para-hydroxylation sites is 1. The molecular formula is C16H24N2O. The normalized spacial score (nSPS) is 12.2. The molecule has 1 aromatic carbocycles. The van der Waals surface area contributed by atoms with Crippen molar-refractivity contribution in [2.45, 2.75) is 33.2 Å². The van der Waals surface area contributed by atoms with Crippen LogP contribution in [0.15, 0.2) is 30.5 Å². The van der Waals surface area contributed by atoms with Crippen LogP contribution in [0, 0.1) is 5.41 Å². The van der Waals surface area contributed by atoms with Gasteiger partial charge in [-0.15, -0.1) is 0 Å². The third-order valence-corrected chi connectivity index (χ3v) is 4.32. The second-order valence-corrected chi connectivity index (χ2v) is 5.33. The Labute approximate surface area is 115 Å². The Bertz CT molecular complexity index is 506. The molecule has 0 aliphatic heterocycles. The van der Waals surface area contributed by atoms with Gasteiger partial charge in [-0.3, -0.25) is 0 Å². The topological polar surface area (TPSA) is 48.0 Å². The van der Waals surface area contributed by atoms with Crippen LogP contribution in [0.4, 0.5) is 0 Å². The van der Waals surface area contributed by atoms with Gasteiger partial charge in [0, 0.05) is 36.8 Å². The largest absolute Gasteiger partial charge is 0.396 e. The number of rotatable bonds is 7. The zero-order valence-corrected chi connectivity index (χ0v) is 11.9. The Hall–Kier alpha value is -1.32. The van der Waals surface area contributed by atoms with E-state index in [1.54, 1.807) is 0 Å². The number of aliphatic hydroxyl groups excluding tert-OH is 1. The first kappa shape index (κ1) is 14.1. The molecule has 3 heteroatoms. The monoisotopic (exact) mass is 260 g/mol. The fourth-order valence-corrected chi connectivity index (χ4v) is 2.54. The quantitative estimate of drug-likeness (QED) is 0.716. The van der Waals surface area contributed by atoms with Gasteiger partial charge in [0.05, 0.1) is 0 Å². The number of hydrogen-bond donors (Lipinski definition) is 3. The van der Waals surface area contributed by atoms with E-state index in [0.717, 1.165) is 25.9 Å². The van der Waals surface area contributed by atoms with Crippen molar-refractivity contribution in [3.05, 3.63) is 36.0 Å². The Morgan fingerprint density at radius 2 is 2.00 bits per heavy atom. The third kappa shape index (κ3) is 2.99. The van der Waals surface area contributed by atoms with Crippen LogP contribution in [0.2, 0.25) is 0 Å². The van der Waals surface area contributed by atoms with Crippen molar-refractivity contribution < 1.29 is 5.11 Å². The van der Waals surface area contributed by atoms with Gasteiger partial charge in [0.2, 0.25) is 0 Å². The average molecular weight is 260 g/mol. The highest BCUT2D eigenvalue weighted by Crippen LogP contribution is 2.24. The molecule has 0 radical (unpaired) electrons. The number of hydrogen-bond acceptors (Lipinski definition) is 2. The molecule has 0 aliphatic carbocycles. The lowest BCUT2D eigenvalue weighted by molar-refractivity contribution is 0.113. The first-order chi connectivity index (χ1) is 9.24. The lowest BCUT2D eigenvalue weighted by Gasteiger charge is -2.29. The number of aromatic amines is 1. The van der Waals surface area contributed by atoms with Gasteiger partial charge in [0.1, 0.15) is 0 Å². The summed E-state index contributed by atoms with van der Waals surface area (Å²) in [7, 11) is 0. The molecule has 19 heavy (non-hydrogen) atoms. The highest BCUT2D eigenvalue weighted by atomic mass is 16.3. The zero-order chi connectivity index (χ0) is 13.7. The summed E-state index contributed by atoms with van der Waals surface area (Å²) in [6, 6.07) is 8.44. The molecule has 0 bridgehead atoms. The summed E-state index contributed by atoms with van der Waals surface area (Å²) >= 11 is 0. The Morgan fingerprint density at radius 3 is 2.68 bits per heavy atom. The number of aromatic nitrogens is 1. The van der Waals surface area contributed by atoms with E-state index in [4.69, 9.17) is 0 Å². The number of nitrogens with one attached hydrogen (secondary N) is 2. The molecule has 0 unspecified atom stereocenters. The maximum atomic E-state index is 9.57. The van der Waals surface area contributed by atoms with Crippen molar-refractivity contribution in [1.82, 2.24) is 10.3 Å². The molecule has 0 amide bonds. The molecule has 0 spiro atoms. The molecule has 0 saturated heterocycles. The van der Waals surface area contributed by atoms with Gasteiger partial charge in [-0.25, -0.2) is 0 Å². The maximum Gasteiger partial charge on any atom is 0.0499 e. The van der Waals surface area contributed by atoms with Crippen molar-refractivity contribution in [2.75, 3.05) is 13.2 Å². The molecule has 0 aliphatic rings. The molecule has 0 fully saturated rings. The first-order valence-corrected chi connectivity index (χ1v) is 7.11. The van der Waals surface area contributed by atoms with Crippen molar-refractivity contribution in [3.63, 3.8) is 0 Å². The lowest BCUT2D eigenvalue weighted by atomic mass is 9.83. The summed E-state index contributed by atoms with van der Waals surface area (Å²) < 4.78 is 0. The molecule has 104 valence electrons. The minimum Gasteiger partial charge on any atom is -0.396 e. The summed E-state index contributed by atoms with van der Waals surface area (Å²) in [5, 5.41) is 14.3. The highest BCUT2D eigenvalue weighted by Gasteiger charge is 2.24. The minimum absolute atomic E-state index is 0.0175. The molecule has 0 saturated carbocycles. The Morgan fingerprint density at radius 1 is 1.21 bits per heavy atom. The van der Waals surface area contributed by atoms with E-state index in [-0.39, 0.29) is 12.0 Å². The Balaban J connectivity index is 2.01. The minimum atomic E-state index is 0.0175. The van der Waals surface area contributed by atoms with Crippen molar-refractivity contribution in [1.29, 1.82) is 0 Å². The highest BCUT2D eigenvalue weighted by molar-refractivity contribution is 5.82. The van der Waals surface area contributed by atoms with Crippen LogP contribution < -0.4 is 5.32 Å². The summed E-state index contributed by atoms with van der Waals surface area (Å²) in [4.78, 5) is 3.29. The molecule has 0 atom stereocenters. The van der Waals surface area contributed by atoms with Crippen LogP contribution in [0.1, 0.15) is 32.3 Å². The molecule has 3 nitrogen and oxygen atoms in total. The first-order valence-electron chi connectivity index (χ1n) is 7.11. The standard InChI is InChI=1S/C16H24N2O/c1-3-16(4-2,12-19)11-17-10-14-7-5-6-13-8-9-18-15(13)14/h5-9,17-19H,3-4,10-12H2,1-2H3. The van der Waals surface area contributed by atoms with Crippen molar-refractivity contribution >= 4 is 10.9 Å². The third-order valence-electron chi connectivity index (χ3n) is 4.32. The fourth-order valence-electron chi connectivity index (χ4n) is 2.54. The van der Waals surface area contributed by atoms with Gasteiger partial charge < -0.3 is 15.4 Å². The predicted octanol–water partition coefficient (Wildman–Crippen LogP) is 3.06. The van der Waals surface area contributed by atoms with Crippen LogP contribution >= 0.6 is 0 Å². The van der Waals surface area contributed by atoms with Crippen LogP contribution in [-0.2, 0) is 6.54 Å². The molecular weight excluding hydrogens is 236 g/mol. The van der Waals surface area contributed by atoms with Crippen LogP contribution in [-0.4, -0.2) is 23.2 Å². The van der Waals surface area contributed by atoms with Gasteiger partial charge in [-0.1, -0.05) is 32.0 Å². The average Bonchev–Trinajstić information content (AvgIpc) is 2.93. The molecule has 1 heterocycles. The van der Waals surface area contributed by atoms with Crippen LogP contribution in [0.5, 0.6) is 0 Å². The summed E-state index contributed by atoms with van der Waals surface area (Å²) in [6.07, 6.45) is 3.98. The van der Waals surface area contributed by atoms with E-state index < -0.39 is 0 Å². The van der Waals surface area contributed by atoms with Crippen molar-refractivity contribution in [3.8, 4) is 0 Å². The summed E-state index contributed by atoms with van der Waals surface area (Å²) in [5.41, 5.74) is 2.50. The van der Waals surface area contributed by atoms with Gasteiger partial charge in [-0.2, -0.15) is 0 Å². The second-order valence-electron chi connectivity index (χ2n) is 5.33. The van der Waals surface area contributed by atoms with E-state index in [9.17, 15) is 5.11 Å². The molecule has 1 aromatic heterocycles. The SMILES string of the molecule is CCC(CC)(CO)CNCc1cccc2cc[nH]c12. The second kappa shape index (κ2) is 6.22. The number of aliphatic hydroxyl groups is 1. The zero-order valence-electron chi connectivity index (χ0n) is 11.9. The summed E-state index contributed by atoms with van der Waals surface area (Å²) in [6.45, 7) is 6.23. The molecule has 2 rings (SSSR count). The predicted molar refractivity (Wildman–Crippen MR) is 80.1 cm³/mol. The number of benzene rings is 1. The number of H-pyrrole nitrogens is 1. The van der Waals surface area contributed by atoms with Crippen molar-refractivity contribution in [2.24, 2.45) is 5.41 Å². The van der Waals surface area contributed by atoms with Gasteiger partial charge in [-0.05, 0) is 29.9 Å². The van der Waals surface area contributed by atoms with Gasteiger partial charge in [0.15, 0.2) is 0 Å². The maximum absolute atomic E-state index is 9.57. The lowest BCUT2D eigenvalue weighted by Crippen LogP contribution is -2.36.